The summed E-state index contributed by atoms with van der Waals surface area (Å²) >= 11 is 0. The van der Waals surface area contributed by atoms with E-state index in [9.17, 15) is 4.79 Å². The fourth-order valence-electron chi connectivity index (χ4n) is 5.49. The number of H-pyrrole nitrogens is 1. The molecule has 1 aliphatic heterocycles. The van der Waals surface area contributed by atoms with Crippen LogP contribution < -0.4 is 10.5 Å². The Bertz CT molecular complexity index is 1100. The summed E-state index contributed by atoms with van der Waals surface area (Å²) in [6.45, 7) is 6.47. The van der Waals surface area contributed by atoms with E-state index in [2.05, 4.69) is 46.5 Å². The molecule has 1 aliphatic carbocycles. The van der Waals surface area contributed by atoms with Gasteiger partial charge < -0.3 is 9.88 Å². The Hall–Kier alpha value is -2.54. The van der Waals surface area contributed by atoms with Gasteiger partial charge in [0.25, 0.3) is 5.56 Å². The first-order valence-corrected chi connectivity index (χ1v) is 11.4. The average Bonchev–Trinajstić information content (AvgIpc) is 3.41. The monoisotopic (exact) mass is 407 g/mol. The van der Waals surface area contributed by atoms with Gasteiger partial charge in [-0.15, -0.1) is 5.10 Å². The molecule has 1 saturated carbocycles. The fraction of sp³-hybridized carbons (Fsp3) is 0.565. The van der Waals surface area contributed by atoms with Gasteiger partial charge in [-0.3, -0.25) is 4.79 Å². The van der Waals surface area contributed by atoms with Crippen molar-refractivity contribution in [2.75, 3.05) is 13.1 Å². The number of hydrogen-bond acceptors (Lipinski definition) is 4. The standard InChI is InChI=1S/C23H30N6O/c1-15-9-10-20-17(12-15)13-19(23(30)24-20)21(28-11-5-6-16(2)14-28)22-25-26-27-29(22)18-7-3-4-8-18/h9-10,12-13,16,18,21H,3-8,11,14H2,1-2H3,(H,24,30)/p+1/t16-,21+/m0/s1. The lowest BCUT2D eigenvalue weighted by molar-refractivity contribution is -0.934. The third kappa shape index (κ3) is 3.55. The number of tetrazole rings is 1. The number of piperidine rings is 1. The van der Waals surface area contributed by atoms with E-state index in [0.29, 0.717) is 12.0 Å². The van der Waals surface area contributed by atoms with E-state index < -0.39 is 0 Å². The predicted octanol–water partition coefficient (Wildman–Crippen LogP) is 2.34. The number of hydrogen-bond donors (Lipinski definition) is 2. The second-order valence-electron chi connectivity index (χ2n) is 9.36. The van der Waals surface area contributed by atoms with Crippen molar-refractivity contribution in [1.82, 2.24) is 25.2 Å². The van der Waals surface area contributed by atoms with Crippen LogP contribution in [0, 0.1) is 12.8 Å². The quantitative estimate of drug-likeness (QED) is 0.696. The van der Waals surface area contributed by atoms with E-state index in [1.807, 2.05) is 16.8 Å². The second-order valence-corrected chi connectivity index (χ2v) is 9.36. The van der Waals surface area contributed by atoms with Crippen LogP contribution >= 0.6 is 0 Å². The highest BCUT2D eigenvalue weighted by molar-refractivity contribution is 5.79. The zero-order valence-corrected chi connectivity index (χ0v) is 17.9. The van der Waals surface area contributed by atoms with Gasteiger partial charge in [0.1, 0.15) is 0 Å². The molecule has 1 saturated heterocycles. The van der Waals surface area contributed by atoms with E-state index in [1.165, 1.54) is 36.1 Å². The molecule has 0 bridgehead atoms. The van der Waals surface area contributed by atoms with Gasteiger partial charge >= 0.3 is 0 Å². The molecule has 30 heavy (non-hydrogen) atoms. The Morgan fingerprint density at radius 3 is 2.80 bits per heavy atom. The lowest BCUT2D eigenvalue weighted by Crippen LogP contribution is -3.14. The Kier molecular flexibility index (Phi) is 5.15. The number of aromatic amines is 1. The number of quaternary nitrogens is 1. The summed E-state index contributed by atoms with van der Waals surface area (Å²) in [5, 5.41) is 14.0. The number of pyridine rings is 1. The summed E-state index contributed by atoms with van der Waals surface area (Å²) < 4.78 is 2.03. The maximum absolute atomic E-state index is 13.3. The van der Waals surface area contributed by atoms with Crippen molar-refractivity contribution in [1.29, 1.82) is 0 Å². The summed E-state index contributed by atoms with van der Waals surface area (Å²) in [6.07, 6.45) is 7.09. The van der Waals surface area contributed by atoms with Crippen LogP contribution in [0.25, 0.3) is 10.9 Å². The number of aryl methyl sites for hydroxylation is 1. The summed E-state index contributed by atoms with van der Waals surface area (Å²) in [5.41, 5.74) is 2.83. The zero-order valence-electron chi connectivity index (χ0n) is 17.9. The Labute approximate surface area is 176 Å². The minimum atomic E-state index is -0.142. The first kappa shape index (κ1) is 19.4. The Morgan fingerprint density at radius 2 is 2.00 bits per heavy atom. The maximum atomic E-state index is 13.3. The van der Waals surface area contributed by atoms with Crippen molar-refractivity contribution in [2.24, 2.45) is 5.92 Å². The lowest BCUT2D eigenvalue weighted by Gasteiger charge is -2.33. The number of rotatable bonds is 4. The Morgan fingerprint density at radius 1 is 1.17 bits per heavy atom. The molecule has 7 nitrogen and oxygen atoms in total. The number of fused-ring (bicyclic) bond motifs is 1. The molecule has 2 N–H and O–H groups in total. The minimum Gasteiger partial charge on any atom is -0.322 e. The zero-order chi connectivity index (χ0) is 20.7. The van der Waals surface area contributed by atoms with Crippen molar-refractivity contribution in [3.8, 4) is 0 Å². The summed E-state index contributed by atoms with van der Waals surface area (Å²) in [7, 11) is 0. The van der Waals surface area contributed by atoms with Crippen LogP contribution in [0.2, 0.25) is 0 Å². The van der Waals surface area contributed by atoms with Crippen molar-refractivity contribution in [3.63, 3.8) is 0 Å². The molecule has 2 aliphatic rings. The van der Waals surface area contributed by atoms with E-state index >= 15 is 0 Å². The molecular formula is C23H31N6O+. The first-order chi connectivity index (χ1) is 14.6. The van der Waals surface area contributed by atoms with E-state index in [-0.39, 0.29) is 11.6 Å². The van der Waals surface area contributed by atoms with Gasteiger partial charge in [-0.1, -0.05) is 31.4 Å². The summed E-state index contributed by atoms with van der Waals surface area (Å²) in [5.74, 6) is 1.48. The second kappa shape index (κ2) is 7.95. The number of likely N-dealkylation sites (tertiary alicyclic amines) is 1. The maximum Gasteiger partial charge on any atom is 0.258 e. The lowest BCUT2D eigenvalue weighted by atomic mass is 9.95. The van der Waals surface area contributed by atoms with Crippen LogP contribution in [-0.2, 0) is 0 Å². The van der Waals surface area contributed by atoms with Gasteiger partial charge in [-0.25, -0.2) is 4.68 Å². The van der Waals surface area contributed by atoms with Crippen LogP contribution in [0.4, 0.5) is 0 Å². The van der Waals surface area contributed by atoms with Gasteiger partial charge in [0.05, 0.1) is 24.7 Å². The van der Waals surface area contributed by atoms with Crippen LogP contribution in [0.1, 0.15) is 74.5 Å². The molecule has 0 radical (unpaired) electrons. The smallest absolute Gasteiger partial charge is 0.258 e. The van der Waals surface area contributed by atoms with E-state index in [0.717, 1.165) is 48.2 Å². The molecule has 2 fully saturated rings. The van der Waals surface area contributed by atoms with Gasteiger partial charge in [0, 0.05) is 11.4 Å². The largest absolute Gasteiger partial charge is 0.322 e. The van der Waals surface area contributed by atoms with E-state index in [4.69, 9.17) is 0 Å². The molecule has 7 heteroatoms. The van der Waals surface area contributed by atoms with Gasteiger partial charge in [0.15, 0.2) is 6.04 Å². The van der Waals surface area contributed by atoms with Crippen molar-refractivity contribution >= 4 is 10.9 Å². The molecule has 0 amide bonds. The molecule has 5 rings (SSSR count). The average molecular weight is 408 g/mol. The fourth-order valence-corrected chi connectivity index (χ4v) is 5.49. The van der Waals surface area contributed by atoms with Crippen molar-refractivity contribution in [3.05, 3.63) is 51.6 Å². The normalized spacial score (nSPS) is 23.8. The SMILES string of the molecule is Cc1ccc2[nH]c(=O)c([C@H](c3nnnn3C3CCCC3)[NH+]3CCC[C@H](C)C3)cc2c1. The number of nitrogens with zero attached hydrogens (tertiary/aromatic N) is 4. The first-order valence-electron chi connectivity index (χ1n) is 11.4. The molecule has 3 aromatic rings. The number of aromatic nitrogens is 5. The van der Waals surface area contributed by atoms with Crippen molar-refractivity contribution in [2.45, 2.75) is 64.5 Å². The molecule has 2 aromatic heterocycles. The van der Waals surface area contributed by atoms with Gasteiger partial charge in [0.2, 0.25) is 5.82 Å². The minimum absolute atomic E-state index is 0.0250. The topological polar surface area (TPSA) is 80.9 Å². The predicted molar refractivity (Wildman–Crippen MR) is 116 cm³/mol. The highest BCUT2D eigenvalue weighted by atomic mass is 16.1. The third-order valence-corrected chi connectivity index (χ3v) is 7.00. The van der Waals surface area contributed by atoms with E-state index in [1.54, 1.807) is 0 Å². The molecule has 0 spiro atoms. The summed E-state index contributed by atoms with van der Waals surface area (Å²) in [4.78, 5) is 17.8. The summed E-state index contributed by atoms with van der Waals surface area (Å²) in [6, 6.07) is 8.45. The third-order valence-electron chi connectivity index (χ3n) is 7.00. The molecule has 3 atom stereocenters. The van der Waals surface area contributed by atoms with Crippen LogP contribution in [0.15, 0.2) is 29.1 Å². The van der Waals surface area contributed by atoms with Gasteiger partial charge in [-0.2, -0.15) is 0 Å². The van der Waals surface area contributed by atoms with Crippen LogP contribution in [-0.4, -0.2) is 38.3 Å². The number of benzene rings is 1. The molecule has 1 unspecified atom stereocenters. The van der Waals surface area contributed by atoms with Gasteiger partial charge in [-0.05, 0) is 66.6 Å². The van der Waals surface area contributed by atoms with Crippen LogP contribution in [0.5, 0.6) is 0 Å². The Balaban J connectivity index is 1.66. The molecule has 1 aromatic carbocycles. The molecular weight excluding hydrogens is 376 g/mol. The van der Waals surface area contributed by atoms with Crippen molar-refractivity contribution < 1.29 is 4.90 Å². The molecule has 158 valence electrons. The molecule has 3 heterocycles. The highest BCUT2D eigenvalue weighted by Gasteiger charge is 2.37. The highest BCUT2D eigenvalue weighted by Crippen LogP contribution is 2.31. The van der Waals surface area contributed by atoms with Crippen LogP contribution in [0.3, 0.4) is 0 Å². The number of nitrogens with one attached hydrogen (secondary N) is 2.